The zero-order chi connectivity index (χ0) is 16.2. The van der Waals surface area contributed by atoms with Crippen molar-refractivity contribution in [3.8, 4) is 5.75 Å². The Balaban J connectivity index is 1.52. The molecule has 3 rings (SSSR count). The number of nitrogens with zero attached hydrogens (tertiary/aromatic N) is 1. The molecule has 0 spiro atoms. The first-order valence-corrected chi connectivity index (χ1v) is 7.87. The number of carbonyl (C=O) groups is 1. The monoisotopic (exact) mass is 311 g/mol. The summed E-state index contributed by atoms with van der Waals surface area (Å²) in [4.78, 5) is 12.9. The molecule has 23 heavy (non-hydrogen) atoms. The third-order valence-electron chi connectivity index (χ3n) is 4.22. The molecule has 0 unspecified atom stereocenters. The van der Waals surface area contributed by atoms with Crippen molar-refractivity contribution in [3.63, 3.8) is 0 Å². The Hall–Kier alpha value is -2.33. The van der Waals surface area contributed by atoms with Crippen LogP contribution in [0.4, 0.5) is 0 Å². The summed E-state index contributed by atoms with van der Waals surface area (Å²) < 4.78 is 5.96. The van der Waals surface area contributed by atoms with E-state index in [1.165, 1.54) is 5.56 Å². The van der Waals surface area contributed by atoms with E-state index in [1.54, 1.807) is 0 Å². The molecule has 2 aromatic carbocycles. The Morgan fingerprint density at radius 3 is 2.43 bits per heavy atom. The predicted octanol–water partition coefficient (Wildman–Crippen LogP) is 3.34. The normalized spacial score (nSPS) is 16.6. The second kappa shape index (κ2) is 6.84. The van der Waals surface area contributed by atoms with Crippen LogP contribution < -0.4 is 4.74 Å². The summed E-state index contributed by atoms with van der Waals surface area (Å²) in [5.74, 6) is -0.0543. The molecule has 1 aliphatic heterocycles. The molecule has 1 fully saturated rings. The minimum Gasteiger partial charge on any atom is -0.486 e. The molecule has 1 aliphatic rings. The van der Waals surface area contributed by atoms with E-state index in [2.05, 4.69) is 17.0 Å². The number of rotatable bonds is 6. The standard InChI is InChI=1S/C19H21NO3/c1-14(16-5-3-2-4-6-16)23-18-9-7-15(8-10-18)11-20-12-17(13-20)19(21)22/h2-10,14,17H,11-13H2,1H3,(H,21,22)/t14-/m0/s1. The molecule has 0 aliphatic carbocycles. The first-order valence-electron chi connectivity index (χ1n) is 7.87. The fourth-order valence-corrected chi connectivity index (χ4v) is 2.78. The van der Waals surface area contributed by atoms with Crippen LogP contribution in [0.15, 0.2) is 54.6 Å². The number of carboxylic acid groups (broad SMARTS) is 1. The van der Waals surface area contributed by atoms with E-state index in [0.717, 1.165) is 17.9 Å². The number of aliphatic carboxylic acids is 1. The highest BCUT2D eigenvalue weighted by Gasteiger charge is 2.32. The van der Waals surface area contributed by atoms with Gasteiger partial charge in [-0.2, -0.15) is 0 Å². The average Bonchev–Trinajstić information content (AvgIpc) is 2.52. The first kappa shape index (κ1) is 15.6. The van der Waals surface area contributed by atoms with Crippen LogP contribution in [0.1, 0.15) is 24.2 Å². The SMILES string of the molecule is C[C@H](Oc1ccc(CN2CC(C(=O)O)C2)cc1)c1ccccc1. The van der Waals surface area contributed by atoms with Gasteiger partial charge in [-0.25, -0.2) is 0 Å². The van der Waals surface area contributed by atoms with Gasteiger partial charge in [0.2, 0.25) is 0 Å². The van der Waals surface area contributed by atoms with E-state index in [-0.39, 0.29) is 12.0 Å². The van der Waals surface area contributed by atoms with E-state index in [4.69, 9.17) is 9.84 Å². The van der Waals surface area contributed by atoms with Gasteiger partial charge in [0, 0.05) is 19.6 Å². The molecular formula is C19H21NO3. The maximum atomic E-state index is 10.8. The number of ether oxygens (including phenoxy) is 1. The number of carboxylic acids is 1. The summed E-state index contributed by atoms with van der Waals surface area (Å²) in [6.45, 7) is 4.10. The van der Waals surface area contributed by atoms with E-state index >= 15 is 0 Å². The maximum absolute atomic E-state index is 10.8. The molecule has 1 saturated heterocycles. The van der Waals surface area contributed by atoms with Crippen molar-refractivity contribution in [2.24, 2.45) is 5.92 Å². The lowest BCUT2D eigenvalue weighted by atomic mass is 10.00. The molecule has 0 amide bonds. The first-order chi connectivity index (χ1) is 11.1. The third kappa shape index (κ3) is 3.90. The van der Waals surface area contributed by atoms with Gasteiger partial charge in [-0.05, 0) is 30.2 Å². The smallest absolute Gasteiger partial charge is 0.309 e. The minimum atomic E-state index is -0.695. The van der Waals surface area contributed by atoms with E-state index in [0.29, 0.717) is 13.1 Å². The lowest BCUT2D eigenvalue weighted by Crippen LogP contribution is -2.49. The van der Waals surface area contributed by atoms with Crippen LogP contribution in [-0.2, 0) is 11.3 Å². The second-order valence-electron chi connectivity index (χ2n) is 6.04. The molecule has 0 radical (unpaired) electrons. The van der Waals surface area contributed by atoms with Gasteiger partial charge in [0.05, 0.1) is 5.92 Å². The summed E-state index contributed by atoms with van der Waals surface area (Å²) >= 11 is 0. The van der Waals surface area contributed by atoms with Crippen molar-refractivity contribution < 1.29 is 14.6 Å². The van der Waals surface area contributed by atoms with Crippen molar-refractivity contribution in [1.82, 2.24) is 4.90 Å². The predicted molar refractivity (Wildman–Crippen MR) is 88.3 cm³/mol. The fraction of sp³-hybridized carbons (Fsp3) is 0.316. The number of likely N-dealkylation sites (tertiary alicyclic amines) is 1. The third-order valence-corrected chi connectivity index (χ3v) is 4.22. The molecule has 120 valence electrons. The number of hydrogen-bond donors (Lipinski definition) is 1. The lowest BCUT2D eigenvalue weighted by Gasteiger charge is -2.36. The summed E-state index contributed by atoms with van der Waals surface area (Å²) in [6, 6.07) is 18.2. The zero-order valence-corrected chi connectivity index (χ0v) is 13.2. The minimum absolute atomic E-state index is 0.00811. The van der Waals surface area contributed by atoms with Crippen molar-refractivity contribution in [2.45, 2.75) is 19.6 Å². The number of hydrogen-bond acceptors (Lipinski definition) is 3. The van der Waals surface area contributed by atoms with Crippen LogP contribution in [-0.4, -0.2) is 29.1 Å². The van der Waals surface area contributed by atoms with Gasteiger partial charge in [0.15, 0.2) is 0 Å². The zero-order valence-electron chi connectivity index (χ0n) is 13.2. The Labute approximate surface area is 136 Å². The van der Waals surface area contributed by atoms with Crippen molar-refractivity contribution in [2.75, 3.05) is 13.1 Å². The highest BCUT2D eigenvalue weighted by atomic mass is 16.5. The Kier molecular flexibility index (Phi) is 4.63. The highest BCUT2D eigenvalue weighted by Crippen LogP contribution is 2.23. The highest BCUT2D eigenvalue weighted by molar-refractivity contribution is 5.71. The molecular weight excluding hydrogens is 290 g/mol. The van der Waals surface area contributed by atoms with Gasteiger partial charge in [-0.3, -0.25) is 9.69 Å². The lowest BCUT2D eigenvalue weighted by molar-refractivity contribution is -0.147. The van der Waals surface area contributed by atoms with Crippen LogP contribution >= 0.6 is 0 Å². The Morgan fingerprint density at radius 2 is 1.83 bits per heavy atom. The molecule has 4 nitrogen and oxygen atoms in total. The largest absolute Gasteiger partial charge is 0.486 e. The molecule has 1 atom stereocenters. The fourth-order valence-electron chi connectivity index (χ4n) is 2.78. The van der Waals surface area contributed by atoms with Crippen LogP contribution in [0, 0.1) is 5.92 Å². The van der Waals surface area contributed by atoms with E-state index in [9.17, 15) is 4.79 Å². The summed E-state index contributed by atoms with van der Waals surface area (Å²) in [5, 5.41) is 8.89. The van der Waals surface area contributed by atoms with Gasteiger partial charge < -0.3 is 9.84 Å². The maximum Gasteiger partial charge on any atom is 0.309 e. The van der Waals surface area contributed by atoms with Crippen LogP contribution in [0.25, 0.3) is 0 Å². The topological polar surface area (TPSA) is 49.8 Å². The quantitative estimate of drug-likeness (QED) is 0.889. The van der Waals surface area contributed by atoms with Crippen LogP contribution in [0.2, 0.25) is 0 Å². The van der Waals surface area contributed by atoms with Gasteiger partial charge in [0.25, 0.3) is 0 Å². The van der Waals surface area contributed by atoms with Crippen LogP contribution in [0.5, 0.6) is 5.75 Å². The van der Waals surface area contributed by atoms with Crippen molar-refractivity contribution in [1.29, 1.82) is 0 Å². The summed E-state index contributed by atoms with van der Waals surface area (Å²) in [7, 11) is 0. The van der Waals surface area contributed by atoms with Crippen molar-refractivity contribution >= 4 is 5.97 Å². The van der Waals surface area contributed by atoms with E-state index in [1.807, 2.05) is 49.4 Å². The van der Waals surface area contributed by atoms with Gasteiger partial charge >= 0.3 is 5.97 Å². The Morgan fingerprint density at radius 1 is 1.17 bits per heavy atom. The Bertz CT molecular complexity index is 648. The molecule has 4 heteroatoms. The second-order valence-corrected chi connectivity index (χ2v) is 6.04. The van der Waals surface area contributed by atoms with Gasteiger partial charge in [0.1, 0.15) is 11.9 Å². The molecule has 0 bridgehead atoms. The molecule has 1 heterocycles. The molecule has 0 aromatic heterocycles. The van der Waals surface area contributed by atoms with Crippen molar-refractivity contribution in [3.05, 3.63) is 65.7 Å². The van der Waals surface area contributed by atoms with Gasteiger partial charge in [-0.15, -0.1) is 0 Å². The number of benzene rings is 2. The average molecular weight is 311 g/mol. The van der Waals surface area contributed by atoms with Gasteiger partial charge in [-0.1, -0.05) is 42.5 Å². The molecule has 1 N–H and O–H groups in total. The summed E-state index contributed by atoms with van der Waals surface area (Å²) in [5.41, 5.74) is 2.32. The van der Waals surface area contributed by atoms with Crippen LogP contribution in [0.3, 0.4) is 0 Å². The van der Waals surface area contributed by atoms with E-state index < -0.39 is 5.97 Å². The summed E-state index contributed by atoms with van der Waals surface area (Å²) in [6.07, 6.45) is 0.00811. The molecule has 0 saturated carbocycles. The molecule has 2 aromatic rings.